The van der Waals surface area contributed by atoms with E-state index < -0.39 is 22.0 Å². The SMILES string of the molecule is O=C(O)C(Cc1ccccc1)NS(=O)(=O)c1ccc(Cl)s1. The van der Waals surface area contributed by atoms with Crippen LogP contribution in [0.3, 0.4) is 0 Å². The largest absolute Gasteiger partial charge is 0.480 e. The van der Waals surface area contributed by atoms with Crippen molar-refractivity contribution in [2.45, 2.75) is 16.7 Å². The number of nitrogens with one attached hydrogen (secondary N) is 1. The average molecular weight is 346 g/mol. The molecule has 1 heterocycles. The zero-order valence-electron chi connectivity index (χ0n) is 10.7. The Morgan fingerprint density at radius 1 is 1.24 bits per heavy atom. The molecule has 2 aromatic rings. The van der Waals surface area contributed by atoms with Crippen LogP contribution in [0.5, 0.6) is 0 Å². The van der Waals surface area contributed by atoms with Gasteiger partial charge < -0.3 is 5.11 Å². The van der Waals surface area contributed by atoms with Crippen molar-refractivity contribution in [2.75, 3.05) is 0 Å². The lowest BCUT2D eigenvalue weighted by molar-refractivity contribution is -0.138. The second-order valence-electron chi connectivity index (χ2n) is 4.26. The second-order valence-corrected chi connectivity index (χ2v) is 7.92. The predicted molar refractivity (Wildman–Crippen MR) is 81.2 cm³/mol. The summed E-state index contributed by atoms with van der Waals surface area (Å²) in [5.74, 6) is -1.23. The van der Waals surface area contributed by atoms with Crippen molar-refractivity contribution in [1.29, 1.82) is 0 Å². The van der Waals surface area contributed by atoms with Gasteiger partial charge in [-0.1, -0.05) is 41.9 Å². The van der Waals surface area contributed by atoms with Gasteiger partial charge in [-0.2, -0.15) is 4.72 Å². The van der Waals surface area contributed by atoms with Gasteiger partial charge in [-0.25, -0.2) is 8.42 Å². The van der Waals surface area contributed by atoms with Crippen molar-refractivity contribution >= 4 is 38.9 Å². The molecule has 21 heavy (non-hydrogen) atoms. The molecule has 1 atom stereocenters. The molecule has 0 bridgehead atoms. The van der Waals surface area contributed by atoms with E-state index in [0.717, 1.165) is 16.9 Å². The molecule has 0 amide bonds. The van der Waals surface area contributed by atoms with Crippen LogP contribution < -0.4 is 4.72 Å². The molecule has 1 unspecified atom stereocenters. The summed E-state index contributed by atoms with van der Waals surface area (Å²) in [7, 11) is -3.90. The van der Waals surface area contributed by atoms with E-state index in [-0.39, 0.29) is 10.6 Å². The van der Waals surface area contributed by atoms with E-state index in [9.17, 15) is 18.3 Å². The first-order chi connectivity index (χ1) is 9.88. The smallest absolute Gasteiger partial charge is 0.322 e. The van der Waals surface area contributed by atoms with Crippen LogP contribution in [0.4, 0.5) is 0 Å². The number of carboxylic acid groups (broad SMARTS) is 1. The van der Waals surface area contributed by atoms with Crippen molar-refractivity contribution in [3.8, 4) is 0 Å². The molecule has 112 valence electrons. The van der Waals surface area contributed by atoms with Crippen molar-refractivity contribution in [1.82, 2.24) is 4.72 Å². The van der Waals surface area contributed by atoms with Crippen LogP contribution in [-0.4, -0.2) is 25.5 Å². The van der Waals surface area contributed by atoms with Gasteiger partial charge in [-0.15, -0.1) is 11.3 Å². The highest BCUT2D eigenvalue weighted by molar-refractivity contribution is 7.91. The van der Waals surface area contributed by atoms with Crippen molar-refractivity contribution < 1.29 is 18.3 Å². The Morgan fingerprint density at radius 3 is 2.43 bits per heavy atom. The molecule has 1 aromatic carbocycles. The van der Waals surface area contributed by atoms with Gasteiger partial charge in [0.15, 0.2) is 0 Å². The third-order valence-electron chi connectivity index (χ3n) is 2.69. The summed E-state index contributed by atoms with van der Waals surface area (Å²) in [6, 6.07) is 10.4. The lowest BCUT2D eigenvalue weighted by atomic mass is 10.1. The quantitative estimate of drug-likeness (QED) is 0.842. The first-order valence-electron chi connectivity index (χ1n) is 5.93. The molecule has 0 radical (unpaired) electrons. The Balaban J connectivity index is 2.18. The van der Waals surface area contributed by atoms with Crippen LogP contribution in [0, 0.1) is 0 Å². The zero-order valence-corrected chi connectivity index (χ0v) is 13.1. The zero-order chi connectivity index (χ0) is 15.5. The van der Waals surface area contributed by atoms with E-state index >= 15 is 0 Å². The summed E-state index contributed by atoms with van der Waals surface area (Å²) in [5.41, 5.74) is 0.733. The van der Waals surface area contributed by atoms with Gasteiger partial charge in [0.25, 0.3) is 10.0 Å². The van der Waals surface area contributed by atoms with E-state index in [1.54, 1.807) is 30.3 Å². The van der Waals surface area contributed by atoms with Crippen LogP contribution in [0.15, 0.2) is 46.7 Å². The van der Waals surface area contributed by atoms with Gasteiger partial charge in [0, 0.05) is 0 Å². The van der Waals surface area contributed by atoms with Crippen LogP contribution in [0.2, 0.25) is 4.34 Å². The van der Waals surface area contributed by atoms with Crippen LogP contribution in [-0.2, 0) is 21.2 Å². The molecule has 2 N–H and O–H groups in total. The highest BCUT2D eigenvalue weighted by Gasteiger charge is 2.26. The summed E-state index contributed by atoms with van der Waals surface area (Å²) in [6.45, 7) is 0. The maximum absolute atomic E-state index is 12.1. The Morgan fingerprint density at radius 2 is 1.90 bits per heavy atom. The van der Waals surface area contributed by atoms with Crippen molar-refractivity contribution in [2.24, 2.45) is 0 Å². The maximum Gasteiger partial charge on any atom is 0.322 e. The van der Waals surface area contributed by atoms with Gasteiger partial charge in [0.05, 0.1) is 4.34 Å². The molecule has 0 spiro atoms. The van der Waals surface area contributed by atoms with E-state index in [2.05, 4.69) is 4.72 Å². The monoisotopic (exact) mass is 345 g/mol. The fourth-order valence-corrected chi connectivity index (χ4v) is 4.41. The molecule has 0 aliphatic rings. The van der Waals surface area contributed by atoms with Crippen LogP contribution in [0.25, 0.3) is 0 Å². The minimum atomic E-state index is -3.90. The van der Waals surface area contributed by atoms with Crippen LogP contribution in [0.1, 0.15) is 5.56 Å². The van der Waals surface area contributed by atoms with E-state index in [1.807, 2.05) is 0 Å². The Hall–Kier alpha value is -1.41. The van der Waals surface area contributed by atoms with E-state index in [1.165, 1.54) is 12.1 Å². The number of thiophene rings is 1. The number of halogens is 1. The molecule has 2 rings (SSSR count). The molecule has 0 aliphatic carbocycles. The summed E-state index contributed by atoms with van der Waals surface area (Å²) >= 11 is 6.58. The molecule has 0 saturated heterocycles. The number of hydrogen-bond acceptors (Lipinski definition) is 4. The van der Waals surface area contributed by atoms with Gasteiger partial charge in [0.2, 0.25) is 0 Å². The highest BCUT2D eigenvalue weighted by Crippen LogP contribution is 2.25. The lowest BCUT2D eigenvalue weighted by Crippen LogP contribution is -2.42. The number of aliphatic carboxylic acids is 1. The molecule has 8 heteroatoms. The van der Waals surface area contributed by atoms with Gasteiger partial charge in [-0.05, 0) is 24.1 Å². The number of carboxylic acids is 1. The lowest BCUT2D eigenvalue weighted by Gasteiger charge is -2.14. The van der Waals surface area contributed by atoms with Crippen LogP contribution >= 0.6 is 22.9 Å². The summed E-state index contributed by atoms with van der Waals surface area (Å²) < 4.78 is 26.8. The summed E-state index contributed by atoms with van der Waals surface area (Å²) in [5, 5.41) is 9.20. The fourth-order valence-electron chi connectivity index (χ4n) is 1.72. The molecule has 0 aliphatic heterocycles. The molecule has 5 nitrogen and oxygen atoms in total. The number of rotatable bonds is 6. The second kappa shape index (κ2) is 6.57. The van der Waals surface area contributed by atoms with Gasteiger partial charge in [0.1, 0.15) is 10.3 Å². The first-order valence-corrected chi connectivity index (χ1v) is 8.60. The molecular formula is C13H12ClNO4S2. The average Bonchev–Trinajstić information content (AvgIpc) is 2.86. The minimum Gasteiger partial charge on any atom is -0.480 e. The van der Waals surface area contributed by atoms with E-state index in [4.69, 9.17) is 11.6 Å². The summed E-state index contributed by atoms with van der Waals surface area (Å²) in [6.07, 6.45) is 0.0640. The Kier molecular flexibility index (Phi) is 5.00. The molecule has 1 aromatic heterocycles. The number of hydrogen-bond donors (Lipinski definition) is 2. The number of carbonyl (C=O) groups is 1. The Bertz CT molecular complexity index is 728. The standard InChI is InChI=1S/C13H12ClNO4S2/c14-11-6-7-12(20-11)21(18,19)15-10(13(16)17)8-9-4-2-1-3-5-9/h1-7,10,15H,8H2,(H,16,17). The number of benzene rings is 1. The predicted octanol–water partition coefficient (Wildman–Crippen LogP) is 2.38. The van der Waals surface area contributed by atoms with Gasteiger partial charge in [-0.3, -0.25) is 4.79 Å². The molecular weight excluding hydrogens is 334 g/mol. The van der Waals surface area contributed by atoms with Gasteiger partial charge >= 0.3 is 5.97 Å². The minimum absolute atomic E-state index is 0.00758. The summed E-state index contributed by atoms with van der Waals surface area (Å²) in [4.78, 5) is 11.3. The normalized spacial score (nSPS) is 13.0. The molecule has 0 saturated carbocycles. The molecule has 0 fully saturated rings. The Labute approximate surface area is 131 Å². The highest BCUT2D eigenvalue weighted by atomic mass is 35.5. The third-order valence-corrected chi connectivity index (χ3v) is 5.89. The first kappa shape index (κ1) is 16.0. The number of sulfonamides is 1. The topological polar surface area (TPSA) is 83.5 Å². The van der Waals surface area contributed by atoms with Crippen molar-refractivity contribution in [3.63, 3.8) is 0 Å². The van der Waals surface area contributed by atoms with E-state index in [0.29, 0.717) is 4.34 Å². The van der Waals surface area contributed by atoms with Crippen molar-refractivity contribution in [3.05, 3.63) is 52.4 Å². The fraction of sp³-hybridized carbons (Fsp3) is 0.154. The maximum atomic E-state index is 12.1. The third kappa shape index (κ3) is 4.28.